The average Bonchev–Trinajstić information content (AvgIpc) is 2.35. The van der Waals surface area contributed by atoms with Gasteiger partial charge in [0.1, 0.15) is 7.85 Å². The summed E-state index contributed by atoms with van der Waals surface area (Å²) in [5, 5.41) is 0. The average molecular weight is 280 g/mol. The van der Waals surface area contributed by atoms with Crippen LogP contribution >= 0.6 is 0 Å². The second kappa shape index (κ2) is 4.40. The van der Waals surface area contributed by atoms with E-state index in [-0.39, 0.29) is 5.41 Å². The van der Waals surface area contributed by atoms with Crippen molar-refractivity contribution in [3.8, 4) is 0 Å². The molecule has 0 spiro atoms. The Kier molecular flexibility index (Phi) is 2.91. The van der Waals surface area contributed by atoms with Gasteiger partial charge in [0.05, 0.1) is 0 Å². The first kappa shape index (κ1) is 13.9. The van der Waals surface area contributed by atoms with Crippen molar-refractivity contribution in [3.63, 3.8) is 0 Å². The van der Waals surface area contributed by atoms with E-state index in [0.29, 0.717) is 5.41 Å². The Morgan fingerprint density at radius 3 is 1.95 bits per heavy atom. The van der Waals surface area contributed by atoms with Crippen molar-refractivity contribution in [3.05, 3.63) is 29.3 Å². The summed E-state index contributed by atoms with van der Waals surface area (Å²) in [7, 11) is 2.35. The predicted octanol–water partition coefficient (Wildman–Crippen LogP) is 3.71. The van der Waals surface area contributed by atoms with E-state index in [4.69, 9.17) is 0 Å². The second-order valence-corrected chi connectivity index (χ2v) is 9.48. The second-order valence-electron chi connectivity index (χ2n) is 9.48. The van der Waals surface area contributed by atoms with Crippen LogP contribution in [-0.2, 0) is 10.8 Å². The lowest BCUT2D eigenvalue weighted by Crippen LogP contribution is -2.50. The van der Waals surface area contributed by atoms with Crippen molar-refractivity contribution in [2.45, 2.75) is 70.1 Å². The minimum atomic E-state index is 0.269. The molecule has 4 fully saturated rings. The van der Waals surface area contributed by atoms with Gasteiger partial charge < -0.3 is 0 Å². The van der Waals surface area contributed by atoms with Crippen LogP contribution in [0.25, 0.3) is 0 Å². The first-order chi connectivity index (χ1) is 9.86. The Labute approximate surface area is 131 Å². The third kappa shape index (κ3) is 2.19. The molecule has 21 heavy (non-hydrogen) atoms. The molecule has 1 heteroatoms. The zero-order valence-corrected chi connectivity index (χ0v) is 14.2. The van der Waals surface area contributed by atoms with E-state index in [1.165, 1.54) is 44.1 Å². The normalized spacial score (nSPS) is 38.0. The van der Waals surface area contributed by atoms with Gasteiger partial charge in [0.2, 0.25) is 0 Å². The molecule has 1 aromatic rings. The van der Waals surface area contributed by atoms with Gasteiger partial charge in [0.15, 0.2) is 0 Å². The summed E-state index contributed by atoms with van der Waals surface area (Å²) in [6.07, 6.45) is 9.06. The minimum Gasteiger partial charge on any atom is -0.0852 e. The van der Waals surface area contributed by atoms with Gasteiger partial charge in [0, 0.05) is 0 Å². The van der Waals surface area contributed by atoms with Crippen molar-refractivity contribution in [2.75, 3.05) is 0 Å². The van der Waals surface area contributed by atoms with E-state index < -0.39 is 0 Å². The van der Waals surface area contributed by atoms with Crippen LogP contribution in [0.5, 0.6) is 0 Å². The van der Waals surface area contributed by atoms with Crippen molar-refractivity contribution in [1.29, 1.82) is 0 Å². The fraction of sp³-hybridized carbons (Fsp3) is 0.700. The SMILES string of the molecule is Bc1ccc(C(C)(C)C)cc1C12CC3CC(CC(C3)C1)C2. The molecule has 0 aliphatic heterocycles. The van der Waals surface area contributed by atoms with Gasteiger partial charge >= 0.3 is 0 Å². The van der Waals surface area contributed by atoms with E-state index in [1.54, 1.807) is 11.0 Å². The molecule has 5 rings (SSSR count). The molecule has 0 N–H and O–H groups in total. The largest absolute Gasteiger partial charge is 0.139 e. The number of benzene rings is 1. The van der Waals surface area contributed by atoms with Crippen LogP contribution in [0.4, 0.5) is 0 Å². The molecular formula is C20H29B. The van der Waals surface area contributed by atoms with Gasteiger partial charge in [-0.25, -0.2) is 0 Å². The molecule has 4 aliphatic rings. The van der Waals surface area contributed by atoms with Gasteiger partial charge in [-0.2, -0.15) is 0 Å². The van der Waals surface area contributed by atoms with Gasteiger partial charge in [-0.05, 0) is 78.2 Å². The topological polar surface area (TPSA) is 0 Å². The van der Waals surface area contributed by atoms with Crippen molar-refractivity contribution < 1.29 is 0 Å². The molecule has 0 nitrogen and oxygen atoms in total. The molecule has 4 aliphatic carbocycles. The van der Waals surface area contributed by atoms with Crippen molar-refractivity contribution in [1.82, 2.24) is 0 Å². The van der Waals surface area contributed by atoms with Crippen LogP contribution in [0.15, 0.2) is 18.2 Å². The molecule has 4 bridgehead atoms. The van der Waals surface area contributed by atoms with Crippen LogP contribution < -0.4 is 5.46 Å². The highest BCUT2D eigenvalue weighted by Gasteiger charge is 2.51. The van der Waals surface area contributed by atoms with E-state index in [9.17, 15) is 0 Å². The highest BCUT2D eigenvalue weighted by molar-refractivity contribution is 6.33. The molecule has 0 unspecified atom stereocenters. The molecule has 0 aromatic heterocycles. The fourth-order valence-corrected chi connectivity index (χ4v) is 6.10. The van der Waals surface area contributed by atoms with Gasteiger partial charge in [-0.1, -0.05) is 44.4 Å². The lowest BCUT2D eigenvalue weighted by molar-refractivity contribution is -0.00476. The first-order valence-electron chi connectivity index (χ1n) is 8.97. The summed E-state index contributed by atoms with van der Waals surface area (Å²) in [6, 6.07) is 7.34. The van der Waals surface area contributed by atoms with Crippen LogP contribution in [-0.4, -0.2) is 7.85 Å². The summed E-state index contributed by atoms with van der Waals surface area (Å²) in [5.41, 5.74) is 5.60. The standard InChI is InChI=1S/C20H29B/c1-19(2,3)16-4-5-18(21)17(9-16)20-10-13-6-14(11-20)8-15(7-13)12-20/h4-5,9,13-15H,6-8,10-12,21H2,1-3H3. The smallest absolute Gasteiger partial charge is 0.0852 e. The predicted molar refractivity (Wildman–Crippen MR) is 93.2 cm³/mol. The maximum atomic E-state index is 2.59. The summed E-state index contributed by atoms with van der Waals surface area (Å²) < 4.78 is 0. The van der Waals surface area contributed by atoms with Gasteiger partial charge in [0.25, 0.3) is 0 Å². The van der Waals surface area contributed by atoms with Gasteiger partial charge in [-0.15, -0.1) is 0 Å². The van der Waals surface area contributed by atoms with Crippen LogP contribution in [0.2, 0.25) is 0 Å². The highest BCUT2D eigenvalue weighted by Crippen LogP contribution is 2.60. The third-order valence-electron chi connectivity index (χ3n) is 6.71. The molecule has 112 valence electrons. The molecule has 1 aromatic carbocycles. The quantitative estimate of drug-likeness (QED) is 0.688. The number of rotatable bonds is 1. The first-order valence-corrected chi connectivity index (χ1v) is 8.97. The van der Waals surface area contributed by atoms with Crippen molar-refractivity contribution >= 4 is 13.3 Å². The number of hydrogen-bond acceptors (Lipinski definition) is 0. The molecule has 4 saturated carbocycles. The van der Waals surface area contributed by atoms with E-state index in [1.807, 2.05) is 0 Å². The maximum Gasteiger partial charge on any atom is 0.139 e. The lowest BCUT2D eigenvalue weighted by Gasteiger charge is -2.57. The van der Waals surface area contributed by atoms with E-state index >= 15 is 0 Å². The highest BCUT2D eigenvalue weighted by atomic mass is 14.6. The van der Waals surface area contributed by atoms with Crippen molar-refractivity contribution in [2.24, 2.45) is 17.8 Å². The molecule has 0 heterocycles. The summed E-state index contributed by atoms with van der Waals surface area (Å²) >= 11 is 0. The molecule has 0 amide bonds. The molecule has 0 radical (unpaired) electrons. The molecular weight excluding hydrogens is 251 g/mol. The summed E-state index contributed by atoms with van der Waals surface area (Å²) in [4.78, 5) is 0. The Balaban J connectivity index is 1.79. The number of hydrogen-bond donors (Lipinski definition) is 0. The van der Waals surface area contributed by atoms with E-state index in [0.717, 1.165) is 17.8 Å². The van der Waals surface area contributed by atoms with E-state index in [2.05, 4.69) is 46.8 Å². The summed E-state index contributed by atoms with van der Waals surface area (Å²) in [6.45, 7) is 7.05. The monoisotopic (exact) mass is 280 g/mol. The Morgan fingerprint density at radius 1 is 0.952 bits per heavy atom. The lowest BCUT2D eigenvalue weighted by atomic mass is 9.47. The third-order valence-corrected chi connectivity index (χ3v) is 6.71. The zero-order chi connectivity index (χ0) is 14.8. The van der Waals surface area contributed by atoms with Crippen LogP contribution in [0.1, 0.15) is 70.4 Å². The summed E-state index contributed by atoms with van der Waals surface area (Å²) in [5.74, 6) is 3.11. The Bertz CT molecular complexity index is 528. The zero-order valence-electron chi connectivity index (χ0n) is 14.2. The molecule has 0 atom stereocenters. The van der Waals surface area contributed by atoms with Crippen LogP contribution in [0.3, 0.4) is 0 Å². The van der Waals surface area contributed by atoms with Crippen LogP contribution in [0, 0.1) is 17.8 Å². The molecule has 0 saturated heterocycles. The minimum absolute atomic E-state index is 0.269. The Hall–Kier alpha value is -0.715. The fourth-order valence-electron chi connectivity index (χ4n) is 6.10. The maximum absolute atomic E-state index is 2.59. The Morgan fingerprint density at radius 2 is 1.48 bits per heavy atom. The van der Waals surface area contributed by atoms with Gasteiger partial charge in [-0.3, -0.25) is 0 Å².